The largest absolute Gasteiger partial charge is 0.453 e. The van der Waals surface area contributed by atoms with Crippen LogP contribution in [0, 0.1) is 0 Å². The molecule has 0 atom stereocenters. The summed E-state index contributed by atoms with van der Waals surface area (Å²) in [4.78, 5) is 29.8. The second kappa shape index (κ2) is 5.57. The van der Waals surface area contributed by atoms with Crippen LogP contribution in [0.25, 0.3) is 0 Å². The number of hydrogen-bond donors (Lipinski definition) is 1. The molecule has 18 heavy (non-hydrogen) atoms. The highest BCUT2D eigenvalue weighted by Gasteiger charge is 2.23. The lowest BCUT2D eigenvalue weighted by molar-refractivity contribution is 0.0752. The van der Waals surface area contributed by atoms with Crippen LogP contribution in [-0.4, -0.2) is 60.1 Å². The first kappa shape index (κ1) is 12.5. The molecule has 0 spiro atoms. The highest BCUT2D eigenvalue weighted by Crippen LogP contribution is 2.08. The molecule has 98 valence electrons. The molecule has 2 heterocycles. The lowest BCUT2D eigenvalue weighted by atomic mass is 10.3. The molecule has 2 amide bonds. The van der Waals surface area contributed by atoms with Crippen LogP contribution in [0.1, 0.15) is 16.9 Å². The van der Waals surface area contributed by atoms with Crippen LogP contribution in [0.4, 0.5) is 4.79 Å². The summed E-state index contributed by atoms with van der Waals surface area (Å²) in [5, 5.41) is 0. The summed E-state index contributed by atoms with van der Waals surface area (Å²) in [6.07, 6.45) is 2.16. The van der Waals surface area contributed by atoms with Gasteiger partial charge in [0.15, 0.2) is 0 Å². The van der Waals surface area contributed by atoms with Crippen molar-refractivity contribution in [3.63, 3.8) is 0 Å². The van der Waals surface area contributed by atoms with Gasteiger partial charge in [-0.05, 0) is 18.6 Å². The van der Waals surface area contributed by atoms with Gasteiger partial charge in [0.25, 0.3) is 5.91 Å². The molecule has 6 heteroatoms. The molecule has 1 aromatic heterocycles. The Morgan fingerprint density at radius 1 is 1.22 bits per heavy atom. The Kier molecular flexibility index (Phi) is 3.86. The third-order valence-corrected chi connectivity index (χ3v) is 3.04. The highest BCUT2D eigenvalue weighted by atomic mass is 16.5. The Labute approximate surface area is 106 Å². The van der Waals surface area contributed by atoms with E-state index in [-0.39, 0.29) is 12.0 Å². The fourth-order valence-electron chi connectivity index (χ4n) is 2.07. The third-order valence-electron chi connectivity index (χ3n) is 3.04. The van der Waals surface area contributed by atoms with Gasteiger partial charge in [0.2, 0.25) is 0 Å². The zero-order chi connectivity index (χ0) is 13.0. The second-order valence-corrected chi connectivity index (χ2v) is 4.19. The summed E-state index contributed by atoms with van der Waals surface area (Å²) in [6.45, 7) is 2.33. The number of methoxy groups -OCH3 is 1. The summed E-state index contributed by atoms with van der Waals surface area (Å²) < 4.78 is 4.69. The fourth-order valence-corrected chi connectivity index (χ4v) is 2.07. The maximum absolute atomic E-state index is 12.1. The quantitative estimate of drug-likeness (QED) is 0.807. The Balaban J connectivity index is 1.97. The van der Waals surface area contributed by atoms with Crippen LogP contribution >= 0.6 is 0 Å². The number of nitrogens with one attached hydrogen (secondary N) is 1. The minimum Gasteiger partial charge on any atom is -0.453 e. The average Bonchev–Trinajstić information content (AvgIpc) is 2.81. The smallest absolute Gasteiger partial charge is 0.409 e. The van der Waals surface area contributed by atoms with Crippen molar-refractivity contribution in [2.45, 2.75) is 6.42 Å². The highest BCUT2D eigenvalue weighted by molar-refractivity contribution is 5.92. The van der Waals surface area contributed by atoms with Gasteiger partial charge in [0, 0.05) is 32.4 Å². The first-order chi connectivity index (χ1) is 8.72. The predicted molar refractivity (Wildman–Crippen MR) is 65.3 cm³/mol. The van der Waals surface area contributed by atoms with Gasteiger partial charge in [-0.1, -0.05) is 0 Å². The van der Waals surface area contributed by atoms with E-state index in [0.717, 1.165) is 6.42 Å². The van der Waals surface area contributed by atoms with Gasteiger partial charge in [-0.25, -0.2) is 4.79 Å². The van der Waals surface area contributed by atoms with E-state index >= 15 is 0 Å². The standard InChI is InChI=1S/C12H17N3O3/c1-18-12(17)15-7-3-6-14(8-9-15)11(16)10-4-2-5-13-10/h2,4-5,13H,3,6-9H2,1H3. The van der Waals surface area contributed by atoms with E-state index in [1.54, 1.807) is 28.1 Å². The Morgan fingerprint density at radius 3 is 2.61 bits per heavy atom. The van der Waals surface area contributed by atoms with E-state index in [2.05, 4.69) is 4.98 Å². The number of hydrogen-bond acceptors (Lipinski definition) is 3. The zero-order valence-corrected chi connectivity index (χ0v) is 10.4. The molecular weight excluding hydrogens is 234 g/mol. The van der Waals surface area contributed by atoms with Crippen LogP contribution in [0.3, 0.4) is 0 Å². The summed E-state index contributed by atoms with van der Waals surface area (Å²) >= 11 is 0. The molecule has 1 aliphatic rings. The minimum absolute atomic E-state index is 0.0216. The number of nitrogens with zero attached hydrogens (tertiary/aromatic N) is 2. The first-order valence-corrected chi connectivity index (χ1v) is 5.98. The van der Waals surface area contributed by atoms with Gasteiger partial charge < -0.3 is 19.5 Å². The molecular formula is C12H17N3O3. The van der Waals surface area contributed by atoms with Crippen molar-refractivity contribution in [3.05, 3.63) is 24.0 Å². The fraction of sp³-hybridized carbons (Fsp3) is 0.500. The van der Waals surface area contributed by atoms with Gasteiger partial charge in [-0.3, -0.25) is 4.79 Å². The lowest BCUT2D eigenvalue weighted by Crippen LogP contribution is -2.37. The monoisotopic (exact) mass is 251 g/mol. The van der Waals surface area contributed by atoms with Crippen LogP contribution < -0.4 is 0 Å². The van der Waals surface area contributed by atoms with Crippen molar-refractivity contribution < 1.29 is 14.3 Å². The summed E-state index contributed by atoms with van der Waals surface area (Å²) in [5.41, 5.74) is 0.585. The lowest BCUT2D eigenvalue weighted by Gasteiger charge is -2.20. The molecule has 2 rings (SSSR count). The maximum atomic E-state index is 12.1. The number of aromatic nitrogens is 1. The number of amides is 2. The zero-order valence-electron chi connectivity index (χ0n) is 10.4. The van der Waals surface area contributed by atoms with E-state index in [9.17, 15) is 9.59 Å². The van der Waals surface area contributed by atoms with Crippen LogP contribution in [0.15, 0.2) is 18.3 Å². The van der Waals surface area contributed by atoms with Gasteiger partial charge in [0.1, 0.15) is 5.69 Å². The maximum Gasteiger partial charge on any atom is 0.409 e. The SMILES string of the molecule is COC(=O)N1CCCN(C(=O)c2ccc[nH]2)CC1. The van der Waals surface area contributed by atoms with Gasteiger partial charge in [-0.2, -0.15) is 0 Å². The number of carbonyl (C=O) groups is 2. The topological polar surface area (TPSA) is 65.6 Å². The van der Waals surface area contributed by atoms with Crippen molar-refractivity contribution in [2.75, 3.05) is 33.3 Å². The summed E-state index contributed by atoms with van der Waals surface area (Å²) in [6, 6.07) is 3.55. The molecule has 0 aromatic carbocycles. The number of ether oxygens (including phenoxy) is 1. The molecule has 6 nitrogen and oxygen atoms in total. The molecule has 1 aliphatic heterocycles. The second-order valence-electron chi connectivity index (χ2n) is 4.19. The van der Waals surface area contributed by atoms with Gasteiger partial charge >= 0.3 is 6.09 Å². The Hall–Kier alpha value is -1.98. The predicted octanol–water partition coefficient (Wildman–Crippen LogP) is 0.929. The normalized spacial score (nSPS) is 16.3. The van der Waals surface area contributed by atoms with Crippen molar-refractivity contribution in [3.8, 4) is 0 Å². The van der Waals surface area contributed by atoms with E-state index in [4.69, 9.17) is 4.74 Å². The van der Waals surface area contributed by atoms with E-state index in [0.29, 0.717) is 31.9 Å². The van der Waals surface area contributed by atoms with Gasteiger partial charge in [0.05, 0.1) is 7.11 Å². The molecule has 1 N–H and O–H groups in total. The van der Waals surface area contributed by atoms with Crippen LogP contribution in [-0.2, 0) is 4.74 Å². The van der Waals surface area contributed by atoms with Gasteiger partial charge in [-0.15, -0.1) is 0 Å². The Morgan fingerprint density at radius 2 is 1.94 bits per heavy atom. The summed E-state index contributed by atoms with van der Waals surface area (Å²) in [5.74, 6) is -0.0216. The first-order valence-electron chi connectivity index (χ1n) is 5.98. The van der Waals surface area contributed by atoms with Crippen molar-refractivity contribution in [1.29, 1.82) is 0 Å². The van der Waals surface area contributed by atoms with Crippen molar-refractivity contribution in [2.24, 2.45) is 0 Å². The third kappa shape index (κ3) is 2.64. The molecule has 0 bridgehead atoms. The number of aromatic amines is 1. The molecule has 0 saturated carbocycles. The molecule has 0 aliphatic carbocycles. The van der Waals surface area contributed by atoms with E-state index in [1.165, 1.54) is 7.11 Å². The molecule has 1 saturated heterocycles. The van der Waals surface area contributed by atoms with Crippen molar-refractivity contribution >= 4 is 12.0 Å². The summed E-state index contributed by atoms with van der Waals surface area (Å²) in [7, 11) is 1.37. The van der Waals surface area contributed by atoms with Crippen LogP contribution in [0.2, 0.25) is 0 Å². The number of carbonyl (C=O) groups excluding carboxylic acids is 2. The molecule has 0 radical (unpaired) electrons. The number of rotatable bonds is 1. The number of H-pyrrole nitrogens is 1. The Bertz CT molecular complexity index is 416. The van der Waals surface area contributed by atoms with E-state index in [1.807, 2.05) is 0 Å². The van der Waals surface area contributed by atoms with E-state index < -0.39 is 0 Å². The van der Waals surface area contributed by atoms with Crippen LogP contribution in [0.5, 0.6) is 0 Å². The molecule has 1 aromatic rings. The average molecular weight is 251 g/mol. The molecule has 0 unspecified atom stereocenters. The van der Waals surface area contributed by atoms with Crippen molar-refractivity contribution in [1.82, 2.24) is 14.8 Å². The minimum atomic E-state index is -0.329. The molecule has 1 fully saturated rings.